The van der Waals surface area contributed by atoms with Gasteiger partial charge in [-0.15, -0.1) is 0 Å². The van der Waals surface area contributed by atoms with Gasteiger partial charge in [-0.05, 0) is 32.9 Å². The molecule has 0 aromatic carbocycles. The molecule has 0 radical (unpaired) electrons. The van der Waals surface area contributed by atoms with Crippen LogP contribution in [0, 0.1) is 6.92 Å². The average molecular weight is 381 g/mol. The zero-order valence-electron chi connectivity index (χ0n) is 16.7. The number of aromatic nitrogens is 5. The second-order valence-corrected chi connectivity index (χ2v) is 7.53. The fraction of sp³-hybridized carbons (Fsp3) is 0.500. The Bertz CT molecular complexity index is 952. The molecule has 1 aliphatic rings. The Kier molecular flexibility index (Phi) is 5.02. The molecule has 0 aliphatic carbocycles. The van der Waals surface area contributed by atoms with Gasteiger partial charge in [0.05, 0.1) is 18.4 Å². The predicted octanol–water partition coefficient (Wildman–Crippen LogP) is 2.26. The minimum atomic E-state index is 0.179. The van der Waals surface area contributed by atoms with Crippen molar-refractivity contribution in [3.05, 3.63) is 36.3 Å². The van der Waals surface area contributed by atoms with Crippen molar-refractivity contribution >= 4 is 22.8 Å². The number of fused-ring (bicyclic) bond motifs is 1. The third-order valence-corrected chi connectivity index (χ3v) is 5.30. The van der Waals surface area contributed by atoms with E-state index in [9.17, 15) is 4.79 Å². The molecule has 148 valence electrons. The zero-order valence-corrected chi connectivity index (χ0v) is 16.7. The van der Waals surface area contributed by atoms with E-state index in [2.05, 4.69) is 33.9 Å². The molecule has 0 unspecified atom stereocenters. The summed E-state index contributed by atoms with van der Waals surface area (Å²) < 4.78 is 3.91. The number of hydrogen-bond acceptors (Lipinski definition) is 5. The van der Waals surface area contributed by atoms with E-state index in [0.29, 0.717) is 13.0 Å². The fourth-order valence-electron chi connectivity index (χ4n) is 3.83. The third-order valence-electron chi connectivity index (χ3n) is 5.30. The van der Waals surface area contributed by atoms with Crippen molar-refractivity contribution in [3.63, 3.8) is 0 Å². The van der Waals surface area contributed by atoms with E-state index < -0.39 is 0 Å². The Balaban J connectivity index is 1.36. The molecule has 0 saturated carbocycles. The monoisotopic (exact) mass is 381 g/mol. The van der Waals surface area contributed by atoms with Crippen LogP contribution in [0.1, 0.15) is 32.0 Å². The van der Waals surface area contributed by atoms with Crippen molar-refractivity contribution in [2.45, 2.75) is 39.8 Å². The highest BCUT2D eigenvalue weighted by Crippen LogP contribution is 2.21. The highest BCUT2D eigenvalue weighted by Gasteiger charge is 2.22. The molecule has 0 spiro atoms. The van der Waals surface area contributed by atoms with Gasteiger partial charge in [0.25, 0.3) is 0 Å². The molecule has 3 aromatic heterocycles. The Hall–Kier alpha value is -2.90. The first-order chi connectivity index (χ1) is 13.5. The number of piperazine rings is 1. The van der Waals surface area contributed by atoms with Gasteiger partial charge < -0.3 is 9.80 Å². The lowest BCUT2D eigenvalue weighted by Gasteiger charge is -2.35. The smallest absolute Gasteiger partial charge is 0.224 e. The average Bonchev–Trinajstić information content (AvgIpc) is 3.28. The standard InChI is InChI=1S/C20H27N7O/c1-15(2)27-17-14-22-26(20(17)16(3)23-27)9-7-19(28)25-12-10-24(11-13-25)18-6-4-5-8-21-18/h4-6,8,14-15H,7,9-13H2,1-3H3. The number of aryl methyl sites for hydroxylation is 2. The molecule has 0 N–H and O–H groups in total. The number of amides is 1. The Morgan fingerprint density at radius 2 is 1.96 bits per heavy atom. The van der Waals surface area contributed by atoms with Crippen molar-refractivity contribution < 1.29 is 4.79 Å². The minimum Gasteiger partial charge on any atom is -0.353 e. The van der Waals surface area contributed by atoms with Gasteiger partial charge in [-0.25, -0.2) is 4.98 Å². The van der Waals surface area contributed by atoms with Gasteiger partial charge in [0.15, 0.2) is 0 Å². The number of anilines is 1. The van der Waals surface area contributed by atoms with Gasteiger partial charge in [-0.3, -0.25) is 14.2 Å². The summed E-state index contributed by atoms with van der Waals surface area (Å²) in [6, 6.07) is 6.21. The molecule has 1 fully saturated rings. The second kappa shape index (κ2) is 7.61. The van der Waals surface area contributed by atoms with Gasteiger partial charge in [0.2, 0.25) is 5.91 Å². The summed E-state index contributed by atoms with van der Waals surface area (Å²) >= 11 is 0. The van der Waals surface area contributed by atoms with Gasteiger partial charge in [-0.2, -0.15) is 10.2 Å². The SMILES string of the molecule is Cc1nn(C(C)C)c2cnn(CCC(=O)N3CCN(c4ccccn4)CC3)c12. The van der Waals surface area contributed by atoms with Crippen molar-refractivity contribution in [1.29, 1.82) is 0 Å². The molecule has 1 aliphatic heterocycles. The quantitative estimate of drug-likeness (QED) is 0.678. The molecular formula is C20H27N7O. The molecule has 1 saturated heterocycles. The van der Waals surface area contributed by atoms with E-state index >= 15 is 0 Å². The first-order valence-corrected chi connectivity index (χ1v) is 9.89. The highest BCUT2D eigenvalue weighted by atomic mass is 16.2. The van der Waals surface area contributed by atoms with Crippen molar-refractivity contribution in [2.75, 3.05) is 31.1 Å². The van der Waals surface area contributed by atoms with Gasteiger partial charge in [-0.1, -0.05) is 6.07 Å². The number of nitrogens with zero attached hydrogens (tertiary/aromatic N) is 7. The third kappa shape index (κ3) is 3.46. The van der Waals surface area contributed by atoms with E-state index in [4.69, 9.17) is 0 Å². The molecule has 28 heavy (non-hydrogen) atoms. The van der Waals surface area contributed by atoms with Crippen LogP contribution in [0.5, 0.6) is 0 Å². The van der Waals surface area contributed by atoms with Crippen LogP contribution in [0.25, 0.3) is 11.0 Å². The van der Waals surface area contributed by atoms with Crippen LogP contribution in [0.2, 0.25) is 0 Å². The topological polar surface area (TPSA) is 72.1 Å². The summed E-state index contributed by atoms with van der Waals surface area (Å²) in [5.74, 6) is 1.16. The fourth-order valence-corrected chi connectivity index (χ4v) is 3.83. The molecule has 8 heteroatoms. The summed E-state index contributed by atoms with van der Waals surface area (Å²) in [6.07, 6.45) is 4.11. The summed E-state index contributed by atoms with van der Waals surface area (Å²) in [7, 11) is 0. The number of carbonyl (C=O) groups excluding carboxylic acids is 1. The van der Waals surface area contributed by atoms with E-state index in [1.807, 2.05) is 45.6 Å². The van der Waals surface area contributed by atoms with E-state index in [-0.39, 0.29) is 11.9 Å². The summed E-state index contributed by atoms with van der Waals surface area (Å²) in [6.45, 7) is 9.88. The molecule has 4 heterocycles. The summed E-state index contributed by atoms with van der Waals surface area (Å²) in [5, 5.41) is 9.11. The zero-order chi connectivity index (χ0) is 19.7. The minimum absolute atomic E-state index is 0.179. The number of rotatable bonds is 5. The normalized spacial score (nSPS) is 15.0. The molecule has 0 atom stereocenters. The number of pyridine rings is 1. The van der Waals surface area contributed by atoms with Crippen LogP contribution in [-0.4, -0.2) is 61.5 Å². The van der Waals surface area contributed by atoms with Gasteiger partial charge in [0, 0.05) is 44.8 Å². The van der Waals surface area contributed by atoms with Crippen molar-refractivity contribution in [2.24, 2.45) is 0 Å². The maximum absolute atomic E-state index is 12.7. The maximum Gasteiger partial charge on any atom is 0.224 e. The van der Waals surface area contributed by atoms with Gasteiger partial charge >= 0.3 is 0 Å². The van der Waals surface area contributed by atoms with Crippen molar-refractivity contribution in [1.82, 2.24) is 29.4 Å². The van der Waals surface area contributed by atoms with Crippen molar-refractivity contribution in [3.8, 4) is 0 Å². The Morgan fingerprint density at radius 3 is 2.64 bits per heavy atom. The van der Waals surface area contributed by atoms with Crippen LogP contribution < -0.4 is 4.90 Å². The Morgan fingerprint density at radius 1 is 1.18 bits per heavy atom. The maximum atomic E-state index is 12.7. The van der Waals surface area contributed by atoms with Crippen LogP contribution in [0.4, 0.5) is 5.82 Å². The lowest BCUT2D eigenvalue weighted by Crippen LogP contribution is -2.49. The molecule has 4 rings (SSSR count). The summed E-state index contributed by atoms with van der Waals surface area (Å²) in [5.41, 5.74) is 3.02. The van der Waals surface area contributed by atoms with E-state index in [1.54, 1.807) is 6.20 Å². The lowest BCUT2D eigenvalue weighted by molar-refractivity contribution is -0.131. The van der Waals surface area contributed by atoms with Crippen LogP contribution >= 0.6 is 0 Å². The second-order valence-electron chi connectivity index (χ2n) is 7.53. The van der Waals surface area contributed by atoms with Crippen LogP contribution in [-0.2, 0) is 11.3 Å². The van der Waals surface area contributed by atoms with Gasteiger partial charge in [0.1, 0.15) is 16.9 Å². The summed E-state index contributed by atoms with van der Waals surface area (Å²) in [4.78, 5) is 21.3. The largest absolute Gasteiger partial charge is 0.353 e. The van der Waals surface area contributed by atoms with Crippen LogP contribution in [0.3, 0.4) is 0 Å². The first-order valence-electron chi connectivity index (χ1n) is 9.89. The molecule has 8 nitrogen and oxygen atoms in total. The Labute approximate surface area is 164 Å². The van der Waals surface area contributed by atoms with E-state index in [0.717, 1.165) is 48.7 Å². The molecule has 0 bridgehead atoms. The molecule has 1 amide bonds. The number of hydrogen-bond donors (Lipinski definition) is 0. The highest BCUT2D eigenvalue weighted by molar-refractivity contribution is 5.79. The van der Waals surface area contributed by atoms with E-state index in [1.165, 1.54) is 0 Å². The molecule has 3 aromatic rings. The first kappa shape index (κ1) is 18.5. The number of carbonyl (C=O) groups is 1. The predicted molar refractivity (Wildman–Crippen MR) is 108 cm³/mol. The molecular weight excluding hydrogens is 354 g/mol. The lowest BCUT2D eigenvalue weighted by atomic mass is 10.2. The van der Waals surface area contributed by atoms with Crippen LogP contribution in [0.15, 0.2) is 30.6 Å².